The van der Waals surface area contributed by atoms with Crippen LogP contribution in [-0.2, 0) is 4.79 Å². The van der Waals surface area contributed by atoms with E-state index in [-0.39, 0.29) is 9.86 Å². The second kappa shape index (κ2) is 5.94. The molecule has 0 aromatic heterocycles. The lowest BCUT2D eigenvalue weighted by atomic mass is 9.87. The van der Waals surface area contributed by atoms with Gasteiger partial charge in [-0.05, 0) is 26.2 Å². The smallest absolute Gasteiger partial charge is 0.219 e. The number of hydrogen-bond acceptors (Lipinski definition) is 3. The van der Waals surface area contributed by atoms with Gasteiger partial charge in [-0.3, -0.25) is 4.79 Å². The summed E-state index contributed by atoms with van der Waals surface area (Å²) in [7, 11) is 0. The van der Waals surface area contributed by atoms with E-state index in [0.717, 1.165) is 12.8 Å². The van der Waals surface area contributed by atoms with E-state index in [9.17, 15) is 9.90 Å². The molecule has 1 N–H and O–H groups in total. The first kappa shape index (κ1) is 14.6. The summed E-state index contributed by atoms with van der Waals surface area (Å²) in [6, 6.07) is 0. The molecule has 0 spiro atoms. The third kappa shape index (κ3) is 3.27. The summed E-state index contributed by atoms with van der Waals surface area (Å²) in [4.78, 5) is 11.6. The summed E-state index contributed by atoms with van der Waals surface area (Å²) < 4.78 is -0.379. The van der Waals surface area contributed by atoms with Crippen LogP contribution in [-0.4, -0.2) is 15.0 Å². The number of carbonyl (C=O) groups is 1. The van der Waals surface area contributed by atoms with E-state index in [4.69, 9.17) is 0 Å². The Balaban J connectivity index is 2.70. The highest BCUT2D eigenvalue weighted by molar-refractivity contribution is 8.15. The van der Waals surface area contributed by atoms with Crippen LogP contribution in [0, 0.1) is 5.92 Å². The van der Waals surface area contributed by atoms with Gasteiger partial charge in [-0.1, -0.05) is 51.3 Å². The molecule has 0 aromatic carbocycles. The summed E-state index contributed by atoms with van der Waals surface area (Å²) in [5.41, 5.74) is 0.544. The molecule has 2 unspecified atom stereocenters. The third-order valence-corrected chi connectivity index (χ3v) is 5.00. The maximum absolute atomic E-state index is 11.6. The molecule has 1 rings (SSSR count). The lowest BCUT2D eigenvalue weighted by Gasteiger charge is -2.27. The molecule has 0 amide bonds. The van der Waals surface area contributed by atoms with E-state index >= 15 is 0 Å². The Morgan fingerprint density at radius 1 is 1.41 bits per heavy atom. The van der Waals surface area contributed by atoms with E-state index < -0.39 is 0 Å². The molecular weight excluding hydrogens is 232 g/mol. The summed E-state index contributed by atoms with van der Waals surface area (Å²) in [5, 5.41) is 10.1. The molecule has 0 fully saturated rings. The zero-order valence-corrected chi connectivity index (χ0v) is 12.2. The molecule has 0 bridgehead atoms. The van der Waals surface area contributed by atoms with Crippen LogP contribution in [0.1, 0.15) is 59.8 Å². The van der Waals surface area contributed by atoms with Crippen molar-refractivity contribution < 1.29 is 9.90 Å². The molecule has 2 nitrogen and oxygen atoms in total. The average Bonchev–Trinajstić information content (AvgIpc) is 2.49. The lowest BCUT2D eigenvalue weighted by Crippen LogP contribution is -2.24. The molecule has 0 saturated heterocycles. The number of hydrogen-bond donors (Lipinski definition) is 1. The summed E-state index contributed by atoms with van der Waals surface area (Å²) >= 11 is 1.30. The number of rotatable bonds is 6. The van der Waals surface area contributed by atoms with Gasteiger partial charge in [0.2, 0.25) is 5.12 Å². The Morgan fingerprint density at radius 3 is 2.47 bits per heavy atom. The number of carbonyl (C=O) groups excluding carboxylic acids is 1. The Labute approximate surface area is 109 Å². The number of unbranched alkanes of at least 4 members (excludes halogenated alkanes) is 1. The van der Waals surface area contributed by atoms with Crippen molar-refractivity contribution in [2.75, 3.05) is 0 Å². The molecule has 1 heterocycles. The Bertz CT molecular complexity index is 322. The molecule has 1 aliphatic rings. The first-order chi connectivity index (χ1) is 7.94. The Kier molecular flexibility index (Phi) is 5.11. The molecule has 0 aromatic rings. The van der Waals surface area contributed by atoms with Gasteiger partial charge >= 0.3 is 0 Å². The minimum atomic E-state index is -0.379. The van der Waals surface area contributed by atoms with Gasteiger partial charge in [0.1, 0.15) is 5.76 Å². The van der Waals surface area contributed by atoms with Crippen molar-refractivity contribution in [2.24, 2.45) is 5.92 Å². The third-order valence-electron chi connectivity index (χ3n) is 3.70. The van der Waals surface area contributed by atoms with Gasteiger partial charge in [0, 0.05) is 5.57 Å². The first-order valence-corrected chi connectivity index (χ1v) is 7.39. The minimum absolute atomic E-state index is 0.0374. The van der Waals surface area contributed by atoms with Crippen LogP contribution >= 0.6 is 11.8 Å². The van der Waals surface area contributed by atoms with Gasteiger partial charge in [0.25, 0.3) is 0 Å². The predicted molar refractivity (Wildman–Crippen MR) is 74.3 cm³/mol. The SMILES string of the molecule is CCCCC(CC)CC1(C)SC(=O)C(C)=C1O. The summed E-state index contributed by atoms with van der Waals surface area (Å²) in [6.07, 6.45) is 5.67. The van der Waals surface area contributed by atoms with Crippen molar-refractivity contribution in [3.05, 3.63) is 11.3 Å². The van der Waals surface area contributed by atoms with Crippen LogP contribution in [0.5, 0.6) is 0 Å². The first-order valence-electron chi connectivity index (χ1n) is 6.58. The molecule has 2 atom stereocenters. The zero-order chi connectivity index (χ0) is 13.1. The molecule has 0 radical (unpaired) electrons. The second-order valence-electron chi connectivity index (χ2n) is 5.21. The molecule has 98 valence electrons. The van der Waals surface area contributed by atoms with E-state index in [0.29, 0.717) is 17.3 Å². The fourth-order valence-corrected chi connectivity index (χ4v) is 3.68. The summed E-state index contributed by atoms with van der Waals surface area (Å²) in [5.74, 6) is 0.913. The largest absolute Gasteiger partial charge is 0.510 e. The van der Waals surface area contributed by atoms with E-state index in [1.807, 2.05) is 6.92 Å². The Hall–Kier alpha value is -0.440. The van der Waals surface area contributed by atoms with Gasteiger partial charge in [0.15, 0.2) is 0 Å². The zero-order valence-electron chi connectivity index (χ0n) is 11.4. The number of aliphatic hydroxyl groups is 1. The average molecular weight is 256 g/mol. The topological polar surface area (TPSA) is 37.3 Å². The highest BCUT2D eigenvalue weighted by atomic mass is 32.2. The van der Waals surface area contributed by atoms with Crippen LogP contribution in [0.15, 0.2) is 11.3 Å². The van der Waals surface area contributed by atoms with E-state index in [1.165, 1.54) is 31.0 Å². The van der Waals surface area contributed by atoms with Crippen molar-refractivity contribution in [1.82, 2.24) is 0 Å². The number of aliphatic hydroxyl groups excluding tert-OH is 1. The van der Waals surface area contributed by atoms with Crippen molar-refractivity contribution in [1.29, 1.82) is 0 Å². The molecule has 3 heteroatoms. The quantitative estimate of drug-likeness (QED) is 0.762. The van der Waals surface area contributed by atoms with E-state index in [2.05, 4.69) is 13.8 Å². The summed E-state index contributed by atoms with van der Waals surface area (Å²) in [6.45, 7) is 8.11. The molecule has 17 heavy (non-hydrogen) atoms. The van der Waals surface area contributed by atoms with E-state index in [1.54, 1.807) is 6.92 Å². The molecule has 0 saturated carbocycles. The highest BCUT2D eigenvalue weighted by Gasteiger charge is 2.42. The fourth-order valence-electron chi connectivity index (χ4n) is 2.46. The van der Waals surface area contributed by atoms with Crippen LogP contribution in [0.4, 0.5) is 0 Å². The molecular formula is C14H24O2S. The molecule has 1 aliphatic heterocycles. The van der Waals surface area contributed by atoms with Crippen LogP contribution in [0.2, 0.25) is 0 Å². The van der Waals surface area contributed by atoms with Crippen LogP contribution < -0.4 is 0 Å². The monoisotopic (exact) mass is 256 g/mol. The van der Waals surface area contributed by atoms with Crippen molar-refractivity contribution >= 4 is 16.9 Å². The molecule has 0 aliphatic carbocycles. The van der Waals surface area contributed by atoms with Crippen molar-refractivity contribution in [2.45, 2.75) is 64.5 Å². The van der Waals surface area contributed by atoms with Gasteiger partial charge in [-0.2, -0.15) is 0 Å². The lowest BCUT2D eigenvalue weighted by molar-refractivity contribution is -0.107. The van der Waals surface area contributed by atoms with Crippen molar-refractivity contribution in [3.8, 4) is 0 Å². The second-order valence-corrected chi connectivity index (χ2v) is 6.69. The highest BCUT2D eigenvalue weighted by Crippen LogP contribution is 2.47. The number of thioether (sulfide) groups is 1. The van der Waals surface area contributed by atoms with Gasteiger partial charge in [-0.15, -0.1) is 0 Å². The van der Waals surface area contributed by atoms with Crippen LogP contribution in [0.25, 0.3) is 0 Å². The normalized spacial score (nSPS) is 26.7. The predicted octanol–water partition coefficient (Wildman–Crippen LogP) is 4.46. The van der Waals surface area contributed by atoms with Gasteiger partial charge in [0.05, 0.1) is 4.75 Å². The maximum atomic E-state index is 11.6. The standard InChI is InChI=1S/C14H24O2S/c1-5-7-8-11(6-2)9-14(4)12(15)10(3)13(16)17-14/h11,15H,5-9H2,1-4H3. The van der Waals surface area contributed by atoms with Crippen LogP contribution in [0.3, 0.4) is 0 Å². The fraction of sp³-hybridized carbons (Fsp3) is 0.786. The van der Waals surface area contributed by atoms with Gasteiger partial charge < -0.3 is 5.11 Å². The maximum Gasteiger partial charge on any atom is 0.219 e. The Morgan fingerprint density at radius 2 is 2.06 bits per heavy atom. The van der Waals surface area contributed by atoms with Crippen molar-refractivity contribution in [3.63, 3.8) is 0 Å². The minimum Gasteiger partial charge on any atom is -0.510 e. The van der Waals surface area contributed by atoms with Gasteiger partial charge in [-0.25, -0.2) is 0 Å².